The molecule has 2 aliphatic rings. The average Bonchev–Trinajstić information content (AvgIpc) is 2.46. The zero-order valence-electron chi connectivity index (χ0n) is 16.7. The van der Waals surface area contributed by atoms with E-state index in [9.17, 15) is 9.59 Å². The van der Waals surface area contributed by atoms with Crippen molar-refractivity contribution < 1.29 is 23.8 Å². The zero-order valence-corrected chi connectivity index (χ0v) is 20.6. The first kappa shape index (κ1) is 23.4. The molecule has 0 aromatic heterocycles. The summed E-state index contributed by atoms with van der Waals surface area (Å²) in [6.07, 6.45) is 0.838. The summed E-state index contributed by atoms with van der Waals surface area (Å²) in [6.45, 7) is 10.7. The molecule has 7 atom stereocenters. The number of hydrogen-bond donors (Lipinski definition) is 0. The van der Waals surface area contributed by atoms with Crippen molar-refractivity contribution in [1.82, 2.24) is 0 Å². The van der Waals surface area contributed by atoms with E-state index in [0.717, 1.165) is 0 Å². The van der Waals surface area contributed by atoms with Crippen LogP contribution in [0.25, 0.3) is 0 Å². The number of carbonyl (C=O) groups is 2. The topological polar surface area (TPSA) is 61.8 Å². The highest BCUT2D eigenvalue weighted by molar-refractivity contribution is 9.09. The molecule has 1 aliphatic heterocycles. The predicted octanol–water partition coefficient (Wildman–Crippen LogP) is 4.74. The first-order valence-electron chi connectivity index (χ1n) is 9.20. The molecule has 0 aromatic rings. The van der Waals surface area contributed by atoms with E-state index >= 15 is 0 Å². The summed E-state index contributed by atoms with van der Waals surface area (Å²) in [7, 11) is 0. The summed E-state index contributed by atoms with van der Waals surface area (Å²) in [5.41, 5.74) is -1.30. The second kappa shape index (κ2) is 8.11. The summed E-state index contributed by atoms with van der Waals surface area (Å²) < 4.78 is 17.9. The van der Waals surface area contributed by atoms with Gasteiger partial charge in [0.25, 0.3) is 0 Å². The molecular weight excluding hydrogens is 503 g/mol. The second-order valence-electron chi connectivity index (χ2n) is 8.63. The molecule has 2 rings (SSSR count). The van der Waals surface area contributed by atoms with Gasteiger partial charge in [0.2, 0.25) is 0 Å². The molecule has 0 bridgehead atoms. The van der Waals surface area contributed by atoms with E-state index in [4.69, 9.17) is 25.8 Å². The molecule has 156 valence electrons. The van der Waals surface area contributed by atoms with Gasteiger partial charge in [0.15, 0.2) is 0 Å². The normalized spacial score (nSPS) is 44.4. The molecule has 8 heteroatoms. The molecule has 1 saturated heterocycles. The van der Waals surface area contributed by atoms with E-state index in [1.165, 1.54) is 13.8 Å². The Morgan fingerprint density at radius 2 is 1.56 bits per heavy atom. The summed E-state index contributed by atoms with van der Waals surface area (Å²) in [6, 6.07) is 0. The van der Waals surface area contributed by atoms with Crippen LogP contribution in [0, 0.1) is 5.92 Å². The highest BCUT2D eigenvalue weighted by Crippen LogP contribution is 2.52. The Morgan fingerprint density at radius 3 is 2.07 bits per heavy atom. The van der Waals surface area contributed by atoms with Crippen molar-refractivity contribution in [2.24, 2.45) is 5.92 Å². The third kappa shape index (κ3) is 5.01. The van der Waals surface area contributed by atoms with Gasteiger partial charge in [0.1, 0.15) is 17.8 Å². The van der Waals surface area contributed by atoms with Crippen LogP contribution in [-0.2, 0) is 23.8 Å². The number of ether oxygens (including phenoxy) is 3. The van der Waals surface area contributed by atoms with Crippen molar-refractivity contribution >= 4 is 55.4 Å². The van der Waals surface area contributed by atoms with Gasteiger partial charge in [-0.3, -0.25) is 9.59 Å². The van der Waals surface area contributed by atoms with E-state index in [1.54, 1.807) is 0 Å². The van der Waals surface area contributed by atoms with Gasteiger partial charge in [0.05, 0.1) is 10.5 Å². The molecule has 0 radical (unpaired) electrons. The predicted molar refractivity (Wildman–Crippen MR) is 112 cm³/mol. The van der Waals surface area contributed by atoms with Gasteiger partial charge >= 0.3 is 11.9 Å². The fourth-order valence-corrected chi connectivity index (χ4v) is 5.57. The first-order valence-corrected chi connectivity index (χ1v) is 11.4. The molecule has 1 heterocycles. The molecule has 2 fully saturated rings. The molecular formula is C19H29Br2ClO5. The molecule has 0 aromatic carbocycles. The van der Waals surface area contributed by atoms with Crippen LogP contribution in [0.5, 0.6) is 0 Å². The fourth-order valence-electron chi connectivity index (χ4n) is 4.31. The number of alkyl halides is 3. The Bertz CT molecular complexity index is 597. The van der Waals surface area contributed by atoms with Gasteiger partial charge in [-0.1, -0.05) is 31.9 Å². The van der Waals surface area contributed by atoms with Gasteiger partial charge in [-0.15, -0.1) is 11.6 Å². The molecule has 0 unspecified atom stereocenters. The van der Waals surface area contributed by atoms with Crippen LogP contribution < -0.4 is 0 Å². The van der Waals surface area contributed by atoms with Gasteiger partial charge in [-0.2, -0.15) is 0 Å². The first-order chi connectivity index (χ1) is 12.2. The number of rotatable bonds is 3. The Balaban J connectivity index is 2.45. The minimum absolute atomic E-state index is 0.00619. The van der Waals surface area contributed by atoms with E-state index in [1.807, 2.05) is 27.7 Å². The number of esters is 2. The van der Waals surface area contributed by atoms with Crippen molar-refractivity contribution in [1.29, 1.82) is 0 Å². The molecule has 27 heavy (non-hydrogen) atoms. The van der Waals surface area contributed by atoms with Crippen molar-refractivity contribution in [2.45, 2.75) is 98.7 Å². The lowest BCUT2D eigenvalue weighted by Gasteiger charge is -2.56. The van der Waals surface area contributed by atoms with Crippen molar-refractivity contribution in [3.8, 4) is 0 Å². The van der Waals surface area contributed by atoms with Crippen LogP contribution in [-0.4, -0.2) is 49.9 Å². The van der Waals surface area contributed by atoms with E-state index in [2.05, 4.69) is 31.9 Å². The SMILES string of the molecule is CC(=O)O[C@H]1C[C@H](Br)C(C)(C)O[C@@]1(C)[C@H]1C[C@@H](Br)[C@](C)(Cl)C[C@H]1OC(C)=O. The monoisotopic (exact) mass is 530 g/mol. The molecule has 5 nitrogen and oxygen atoms in total. The smallest absolute Gasteiger partial charge is 0.303 e. The minimum atomic E-state index is -0.820. The fraction of sp³-hybridized carbons (Fsp3) is 0.895. The quantitative estimate of drug-likeness (QED) is 0.388. The maximum Gasteiger partial charge on any atom is 0.303 e. The van der Waals surface area contributed by atoms with Crippen molar-refractivity contribution in [3.63, 3.8) is 0 Å². The van der Waals surface area contributed by atoms with Gasteiger partial charge < -0.3 is 14.2 Å². The van der Waals surface area contributed by atoms with E-state index in [-0.39, 0.29) is 27.5 Å². The van der Waals surface area contributed by atoms with E-state index < -0.39 is 28.3 Å². The molecule has 1 aliphatic carbocycles. The molecule has 0 N–H and O–H groups in total. The lowest BCUT2D eigenvalue weighted by atomic mass is 9.67. The number of carbonyl (C=O) groups excluding carboxylic acids is 2. The molecule has 1 saturated carbocycles. The average molecular weight is 533 g/mol. The summed E-state index contributed by atoms with van der Waals surface area (Å²) >= 11 is 14.0. The Kier molecular flexibility index (Phi) is 7.04. The van der Waals surface area contributed by atoms with Gasteiger partial charge in [-0.05, 0) is 34.1 Å². The number of halogens is 3. The third-order valence-electron chi connectivity index (χ3n) is 5.82. The van der Waals surface area contributed by atoms with Crippen LogP contribution in [0.1, 0.15) is 60.8 Å². The largest absolute Gasteiger partial charge is 0.462 e. The Hall–Kier alpha value is 0.150. The second-order valence-corrected chi connectivity index (χ2v) is 11.7. The Morgan fingerprint density at radius 1 is 1.00 bits per heavy atom. The number of hydrogen-bond acceptors (Lipinski definition) is 5. The summed E-state index contributed by atoms with van der Waals surface area (Å²) in [4.78, 5) is 23.0. The van der Waals surface area contributed by atoms with Gasteiger partial charge in [0, 0.05) is 42.3 Å². The van der Waals surface area contributed by atoms with Crippen LogP contribution in [0.2, 0.25) is 0 Å². The maximum atomic E-state index is 11.8. The van der Waals surface area contributed by atoms with Crippen LogP contribution in [0.4, 0.5) is 0 Å². The summed E-state index contributed by atoms with van der Waals surface area (Å²) in [5.74, 6) is -0.889. The Labute approximate surface area is 183 Å². The highest BCUT2D eigenvalue weighted by atomic mass is 79.9. The van der Waals surface area contributed by atoms with Crippen LogP contribution >= 0.6 is 43.5 Å². The minimum Gasteiger partial charge on any atom is -0.462 e. The van der Waals surface area contributed by atoms with Crippen LogP contribution in [0.3, 0.4) is 0 Å². The van der Waals surface area contributed by atoms with E-state index in [0.29, 0.717) is 19.3 Å². The lowest BCUT2D eigenvalue weighted by Crippen LogP contribution is -2.66. The summed E-state index contributed by atoms with van der Waals surface area (Å²) in [5, 5.41) is 0. The van der Waals surface area contributed by atoms with Gasteiger partial charge in [-0.25, -0.2) is 0 Å². The van der Waals surface area contributed by atoms with Crippen molar-refractivity contribution in [3.05, 3.63) is 0 Å². The van der Waals surface area contributed by atoms with Crippen LogP contribution in [0.15, 0.2) is 0 Å². The highest BCUT2D eigenvalue weighted by Gasteiger charge is 2.59. The zero-order chi connectivity index (χ0) is 20.8. The molecule has 0 amide bonds. The maximum absolute atomic E-state index is 11.8. The molecule has 0 spiro atoms. The van der Waals surface area contributed by atoms with Crippen molar-refractivity contribution in [2.75, 3.05) is 0 Å². The standard InChI is InChI=1S/C19H29Br2ClO5/c1-10(23)25-13-9-18(5,22)15(21)7-12(13)19(6)16(26-11(2)24)8-14(20)17(3,4)27-19/h12-16H,7-9H2,1-6H3/t12-,13+,14-,15+,16-,18+,19-/m0/s1. The third-order valence-corrected chi connectivity index (χ3v) is 9.36. The lowest BCUT2D eigenvalue weighted by molar-refractivity contribution is -0.259.